The minimum atomic E-state index is -0.327. The van der Waals surface area contributed by atoms with Gasteiger partial charge in [0.25, 0.3) is 0 Å². The molecule has 2 saturated heterocycles. The molecule has 2 aromatic rings. The first kappa shape index (κ1) is 25.9. The number of carbonyl (C=O) groups excluding carboxylic acids is 3. The quantitative estimate of drug-likeness (QED) is 0.624. The van der Waals surface area contributed by atoms with E-state index in [4.69, 9.17) is 4.74 Å². The van der Waals surface area contributed by atoms with Gasteiger partial charge in [-0.3, -0.25) is 14.5 Å². The van der Waals surface area contributed by atoms with Crippen LogP contribution in [0.2, 0.25) is 0 Å². The number of nitrogens with zero attached hydrogens (tertiary/aromatic N) is 3. The molecule has 2 amide bonds. The van der Waals surface area contributed by atoms with Crippen LogP contribution in [-0.2, 0) is 14.3 Å². The molecule has 2 aromatic carbocycles. The van der Waals surface area contributed by atoms with Crippen molar-refractivity contribution in [2.24, 2.45) is 5.92 Å². The maximum Gasteiger partial charge on any atom is 0.409 e. The first-order valence-electron chi connectivity index (χ1n) is 12.9. The molecule has 2 fully saturated rings. The number of ether oxygens (including phenoxy) is 1. The molecule has 3 atom stereocenters. The van der Waals surface area contributed by atoms with Crippen molar-refractivity contribution in [3.05, 3.63) is 70.8 Å². The Hall–Kier alpha value is -3.19. The lowest BCUT2D eigenvalue weighted by molar-refractivity contribution is -0.147. The van der Waals surface area contributed by atoms with Gasteiger partial charge in [0.15, 0.2) is 0 Å². The second-order valence-electron chi connectivity index (χ2n) is 10.0. The first-order chi connectivity index (χ1) is 17.3. The van der Waals surface area contributed by atoms with E-state index in [9.17, 15) is 14.4 Å². The fraction of sp³-hybridized carbons (Fsp3) is 0.483. The molecule has 4 rings (SSSR count). The van der Waals surface area contributed by atoms with Crippen LogP contribution in [0.15, 0.2) is 48.5 Å². The maximum absolute atomic E-state index is 14.0. The number of rotatable bonds is 5. The maximum atomic E-state index is 14.0. The summed E-state index contributed by atoms with van der Waals surface area (Å²) in [5.41, 5.74) is 4.25. The molecule has 2 aliphatic rings. The standard InChI is InChI=1S/C29H37N3O4/c1-5-36-29(35)31-16-14-30(15-17-31)19-27(34)32-25(23-10-6-20(2)7-11-23)18-26(33)22(4)28(32)24-12-8-21(3)9-13-24/h6-13,22,25,28H,5,14-19H2,1-4H3. The lowest BCUT2D eigenvalue weighted by Gasteiger charge is -2.46. The number of carbonyl (C=O) groups is 3. The van der Waals surface area contributed by atoms with Gasteiger partial charge in [0.05, 0.1) is 25.2 Å². The largest absolute Gasteiger partial charge is 0.450 e. The summed E-state index contributed by atoms with van der Waals surface area (Å²) in [6, 6.07) is 15.7. The number of hydrogen-bond donors (Lipinski definition) is 0. The van der Waals surface area contributed by atoms with Crippen LogP contribution in [0, 0.1) is 19.8 Å². The summed E-state index contributed by atoms with van der Waals surface area (Å²) < 4.78 is 5.12. The van der Waals surface area contributed by atoms with Crippen LogP contribution in [-0.4, -0.2) is 71.8 Å². The minimum absolute atomic E-state index is 0.00934. The molecule has 0 N–H and O–H groups in total. The molecule has 2 heterocycles. The molecule has 0 aliphatic carbocycles. The molecule has 192 valence electrons. The zero-order valence-electron chi connectivity index (χ0n) is 21.8. The predicted molar refractivity (Wildman–Crippen MR) is 139 cm³/mol. The van der Waals surface area contributed by atoms with Crippen LogP contribution in [0.1, 0.15) is 54.6 Å². The van der Waals surface area contributed by atoms with Crippen LogP contribution < -0.4 is 0 Å². The van der Waals surface area contributed by atoms with E-state index in [1.807, 2.05) is 74.2 Å². The Balaban J connectivity index is 1.60. The summed E-state index contributed by atoms with van der Waals surface area (Å²) in [5, 5.41) is 0. The van der Waals surface area contributed by atoms with Crippen LogP contribution in [0.3, 0.4) is 0 Å². The fourth-order valence-corrected chi connectivity index (χ4v) is 5.27. The summed E-state index contributed by atoms with van der Waals surface area (Å²) in [6.07, 6.45) is 0.0142. The van der Waals surface area contributed by atoms with E-state index in [1.54, 1.807) is 11.8 Å². The molecule has 7 heteroatoms. The molecule has 36 heavy (non-hydrogen) atoms. The number of likely N-dealkylation sites (tertiary alicyclic amines) is 1. The van der Waals surface area contributed by atoms with Crippen molar-refractivity contribution in [3.8, 4) is 0 Å². The highest BCUT2D eigenvalue weighted by Gasteiger charge is 2.44. The number of Topliss-reactive ketones (excluding diaryl/α,β-unsaturated/α-hetero) is 1. The Labute approximate surface area is 214 Å². The first-order valence-corrected chi connectivity index (χ1v) is 12.9. The number of amides is 2. The van der Waals surface area contributed by atoms with Gasteiger partial charge in [-0.25, -0.2) is 4.79 Å². The van der Waals surface area contributed by atoms with Crippen LogP contribution >= 0.6 is 0 Å². The van der Waals surface area contributed by atoms with Gasteiger partial charge in [-0.2, -0.15) is 0 Å². The van der Waals surface area contributed by atoms with Crippen molar-refractivity contribution < 1.29 is 19.1 Å². The average molecular weight is 492 g/mol. The fourth-order valence-electron chi connectivity index (χ4n) is 5.27. The average Bonchev–Trinajstić information content (AvgIpc) is 2.87. The third kappa shape index (κ3) is 5.62. The van der Waals surface area contributed by atoms with Gasteiger partial charge in [-0.1, -0.05) is 66.6 Å². The Bertz CT molecular complexity index is 1070. The Kier molecular flexibility index (Phi) is 8.09. The topological polar surface area (TPSA) is 70.2 Å². The Morgan fingerprint density at radius 2 is 1.44 bits per heavy atom. The number of benzene rings is 2. The van der Waals surface area contributed by atoms with E-state index in [-0.39, 0.29) is 42.3 Å². The molecule has 0 saturated carbocycles. The summed E-state index contributed by atoms with van der Waals surface area (Å²) in [7, 11) is 0. The normalized spacial score (nSPS) is 23.0. The van der Waals surface area contributed by atoms with Gasteiger partial charge in [-0.15, -0.1) is 0 Å². The summed E-state index contributed by atoms with van der Waals surface area (Å²) in [4.78, 5) is 45.0. The summed E-state index contributed by atoms with van der Waals surface area (Å²) in [6.45, 7) is 10.7. The van der Waals surface area contributed by atoms with E-state index >= 15 is 0 Å². The molecule has 0 spiro atoms. The van der Waals surface area contributed by atoms with Gasteiger partial charge < -0.3 is 14.5 Å². The minimum Gasteiger partial charge on any atom is -0.450 e. The van der Waals surface area contributed by atoms with Crippen molar-refractivity contribution in [2.45, 2.75) is 46.2 Å². The van der Waals surface area contributed by atoms with Crippen molar-refractivity contribution >= 4 is 17.8 Å². The number of aryl methyl sites for hydroxylation is 2. The Morgan fingerprint density at radius 3 is 2.00 bits per heavy atom. The zero-order chi connectivity index (χ0) is 25.8. The molecular weight excluding hydrogens is 454 g/mol. The lowest BCUT2D eigenvalue weighted by atomic mass is 9.79. The van der Waals surface area contributed by atoms with E-state index in [2.05, 4.69) is 4.90 Å². The van der Waals surface area contributed by atoms with Gasteiger partial charge in [0, 0.05) is 38.5 Å². The van der Waals surface area contributed by atoms with E-state index in [0.717, 1.165) is 22.3 Å². The van der Waals surface area contributed by atoms with Gasteiger partial charge in [0.2, 0.25) is 5.91 Å². The molecule has 0 bridgehead atoms. The van der Waals surface area contributed by atoms with Gasteiger partial charge in [0.1, 0.15) is 5.78 Å². The number of hydrogen-bond acceptors (Lipinski definition) is 5. The highest BCUT2D eigenvalue weighted by atomic mass is 16.6. The van der Waals surface area contributed by atoms with E-state index in [1.165, 1.54) is 0 Å². The molecule has 3 unspecified atom stereocenters. The molecule has 0 aromatic heterocycles. The SMILES string of the molecule is CCOC(=O)N1CCN(CC(=O)N2C(c3ccc(C)cc3)CC(=O)C(C)C2c2ccc(C)cc2)CC1. The zero-order valence-corrected chi connectivity index (χ0v) is 21.8. The van der Waals surface area contributed by atoms with Crippen molar-refractivity contribution in [1.82, 2.24) is 14.7 Å². The molecule has 0 radical (unpaired) electrons. The number of ketones is 1. The van der Waals surface area contributed by atoms with E-state index < -0.39 is 0 Å². The second-order valence-corrected chi connectivity index (χ2v) is 10.0. The van der Waals surface area contributed by atoms with Gasteiger partial charge >= 0.3 is 6.09 Å². The third-order valence-corrected chi connectivity index (χ3v) is 7.44. The van der Waals surface area contributed by atoms with Crippen LogP contribution in [0.5, 0.6) is 0 Å². The number of piperidine rings is 1. The second kappa shape index (κ2) is 11.2. The van der Waals surface area contributed by atoms with Crippen LogP contribution in [0.25, 0.3) is 0 Å². The molecule has 2 aliphatic heterocycles. The Morgan fingerprint density at radius 1 is 0.889 bits per heavy atom. The third-order valence-electron chi connectivity index (χ3n) is 7.44. The molecule has 7 nitrogen and oxygen atoms in total. The predicted octanol–water partition coefficient (Wildman–Crippen LogP) is 4.30. The smallest absolute Gasteiger partial charge is 0.409 e. The van der Waals surface area contributed by atoms with Crippen LogP contribution in [0.4, 0.5) is 4.79 Å². The molecular formula is C29H37N3O4. The summed E-state index contributed by atoms with van der Waals surface area (Å²) >= 11 is 0. The number of piperazine rings is 1. The van der Waals surface area contributed by atoms with Crippen molar-refractivity contribution in [2.75, 3.05) is 39.3 Å². The van der Waals surface area contributed by atoms with E-state index in [0.29, 0.717) is 39.2 Å². The van der Waals surface area contributed by atoms with Crippen molar-refractivity contribution in [1.29, 1.82) is 0 Å². The highest BCUT2D eigenvalue weighted by molar-refractivity contribution is 5.88. The lowest BCUT2D eigenvalue weighted by Crippen LogP contribution is -2.54. The summed E-state index contributed by atoms with van der Waals surface area (Å²) in [5.74, 6) is -0.104. The van der Waals surface area contributed by atoms with Crippen molar-refractivity contribution in [3.63, 3.8) is 0 Å². The monoisotopic (exact) mass is 491 g/mol. The highest BCUT2D eigenvalue weighted by Crippen LogP contribution is 2.43. The van der Waals surface area contributed by atoms with Gasteiger partial charge in [-0.05, 0) is 31.9 Å².